The van der Waals surface area contributed by atoms with Crippen molar-refractivity contribution in [1.29, 1.82) is 0 Å². The number of aryl methyl sites for hydroxylation is 2. The molecule has 1 amide bonds. The van der Waals surface area contributed by atoms with Crippen LogP contribution in [0.5, 0.6) is 5.88 Å². The van der Waals surface area contributed by atoms with Gasteiger partial charge in [0.15, 0.2) is 5.88 Å². The summed E-state index contributed by atoms with van der Waals surface area (Å²) in [5.41, 5.74) is 12.7. The minimum absolute atomic E-state index is 0.0302. The van der Waals surface area contributed by atoms with Crippen molar-refractivity contribution >= 4 is 22.6 Å². The van der Waals surface area contributed by atoms with Crippen LogP contribution in [0.3, 0.4) is 0 Å². The molecule has 37 heavy (non-hydrogen) atoms. The minimum Gasteiger partial charge on any atom is -0.482 e. The smallest absolute Gasteiger partial charge is 0.254 e. The number of aromatic nitrogens is 4. The van der Waals surface area contributed by atoms with Gasteiger partial charge in [-0.2, -0.15) is 0 Å². The van der Waals surface area contributed by atoms with Crippen LogP contribution in [0.2, 0.25) is 0 Å². The molecule has 2 N–H and O–H groups in total. The molecule has 2 unspecified atom stereocenters. The Kier molecular flexibility index (Phi) is 5.12. The van der Waals surface area contributed by atoms with Crippen LogP contribution in [0.4, 0.5) is 0 Å². The molecule has 192 valence electrons. The molecule has 0 aromatic carbocycles. The van der Waals surface area contributed by atoms with E-state index in [1.807, 2.05) is 21.4 Å². The predicted octanol–water partition coefficient (Wildman–Crippen LogP) is 4.34. The number of carbonyl (C=O) groups is 1. The zero-order valence-electron chi connectivity index (χ0n) is 21.8. The molecular weight excluding hydrogens is 464 g/mol. The number of ether oxygens (including phenoxy) is 1. The molecule has 0 radical (unpaired) electrons. The van der Waals surface area contributed by atoms with Gasteiger partial charge >= 0.3 is 0 Å². The quantitative estimate of drug-likeness (QED) is 0.427. The average molecular weight is 499 g/mol. The van der Waals surface area contributed by atoms with Crippen LogP contribution in [0.15, 0.2) is 30.3 Å². The number of carbonyl (C=O) groups excluding carboxylic acids is 1. The summed E-state index contributed by atoms with van der Waals surface area (Å²) in [7, 11) is 1.65. The number of pyridine rings is 2. The molecule has 8 nitrogen and oxygen atoms in total. The first-order valence-corrected chi connectivity index (χ1v) is 13.6. The maximum absolute atomic E-state index is 13.7. The van der Waals surface area contributed by atoms with E-state index in [1.54, 1.807) is 7.11 Å². The molecule has 1 saturated carbocycles. The first kappa shape index (κ1) is 22.8. The molecule has 1 aliphatic carbocycles. The summed E-state index contributed by atoms with van der Waals surface area (Å²) >= 11 is 0. The molecule has 8 heteroatoms. The first-order chi connectivity index (χ1) is 18.0. The fourth-order valence-corrected chi connectivity index (χ4v) is 6.60. The van der Waals surface area contributed by atoms with Crippen LogP contribution in [0.1, 0.15) is 60.8 Å². The molecule has 2 aliphatic heterocycles. The van der Waals surface area contributed by atoms with Gasteiger partial charge in [-0.15, -0.1) is 0 Å². The fourth-order valence-electron chi connectivity index (χ4n) is 6.60. The largest absolute Gasteiger partial charge is 0.482 e. The third-order valence-corrected chi connectivity index (χ3v) is 8.74. The summed E-state index contributed by atoms with van der Waals surface area (Å²) in [4.78, 5) is 25.7. The summed E-state index contributed by atoms with van der Waals surface area (Å²) < 4.78 is 10.2. The van der Waals surface area contributed by atoms with E-state index < -0.39 is 0 Å². The van der Waals surface area contributed by atoms with E-state index in [0.29, 0.717) is 17.4 Å². The van der Waals surface area contributed by atoms with Crippen molar-refractivity contribution in [2.45, 2.75) is 77.0 Å². The van der Waals surface area contributed by atoms with Gasteiger partial charge in [-0.25, -0.2) is 9.97 Å². The Bertz CT molecular complexity index is 1550. The van der Waals surface area contributed by atoms with E-state index in [2.05, 4.69) is 36.6 Å². The Balaban J connectivity index is 1.36. The van der Waals surface area contributed by atoms with E-state index in [4.69, 9.17) is 20.4 Å². The summed E-state index contributed by atoms with van der Waals surface area (Å²) in [5.74, 6) is 1.34. The van der Waals surface area contributed by atoms with Crippen molar-refractivity contribution in [2.75, 3.05) is 7.11 Å². The maximum Gasteiger partial charge on any atom is 0.254 e. The Labute approximate surface area is 216 Å². The van der Waals surface area contributed by atoms with Crippen LogP contribution < -0.4 is 10.5 Å². The van der Waals surface area contributed by atoms with Crippen molar-refractivity contribution in [2.24, 2.45) is 11.7 Å². The van der Waals surface area contributed by atoms with Crippen LogP contribution in [-0.2, 0) is 13.0 Å². The zero-order chi connectivity index (χ0) is 25.4. The summed E-state index contributed by atoms with van der Waals surface area (Å²) in [6.07, 6.45) is 6.35. The molecular formula is C29H34N6O2. The second-order valence-corrected chi connectivity index (χ2v) is 11.1. The zero-order valence-corrected chi connectivity index (χ0v) is 21.8. The van der Waals surface area contributed by atoms with E-state index in [0.717, 1.165) is 71.7 Å². The third-order valence-electron chi connectivity index (χ3n) is 8.74. The molecule has 0 spiro atoms. The van der Waals surface area contributed by atoms with Gasteiger partial charge in [0.25, 0.3) is 5.91 Å². The van der Waals surface area contributed by atoms with Gasteiger partial charge in [-0.1, -0.05) is 6.92 Å². The lowest BCUT2D eigenvalue weighted by Crippen LogP contribution is -2.40. The number of amides is 1. The number of hydrogen-bond acceptors (Lipinski definition) is 5. The third kappa shape index (κ3) is 3.49. The number of hydrogen-bond donors (Lipinski definition) is 1. The molecule has 7 rings (SSSR count). The van der Waals surface area contributed by atoms with Gasteiger partial charge in [0.2, 0.25) is 0 Å². The highest BCUT2D eigenvalue weighted by Gasteiger charge is 2.47. The highest BCUT2D eigenvalue weighted by atomic mass is 16.5. The molecule has 3 fully saturated rings. The van der Waals surface area contributed by atoms with Gasteiger partial charge in [0.1, 0.15) is 17.0 Å². The second-order valence-electron chi connectivity index (χ2n) is 11.1. The standard InChI is InChI=1S/C29H34N6O2/c1-4-20-8-7-18-11-24(33(28(18)31-20)15-17-5-6-17)27-16(2)34-25(32-27)12-19(13-26(34)37-3)29(36)35-21-9-10-23(35)22(30)14-21/h7-8,11-13,17,21-23H,4-6,9-10,14-15,30H2,1-3H3/t21?,22?,23-/m1/s1. The van der Waals surface area contributed by atoms with Crippen molar-refractivity contribution in [3.05, 3.63) is 47.3 Å². The lowest BCUT2D eigenvalue weighted by molar-refractivity contribution is 0.0726. The SMILES string of the molecule is CCc1ccc2cc(-c3nc4cc(C(=O)N5C6CC[C@@H]5C(N)C6)cc(OC)n4c3C)n(CC3CC3)c2n1. The monoisotopic (exact) mass is 498 g/mol. The van der Waals surface area contributed by atoms with Gasteiger partial charge in [-0.05, 0) is 75.6 Å². The Morgan fingerprint density at radius 3 is 2.65 bits per heavy atom. The number of rotatable bonds is 6. The van der Waals surface area contributed by atoms with Crippen molar-refractivity contribution in [3.63, 3.8) is 0 Å². The first-order valence-electron chi connectivity index (χ1n) is 13.6. The van der Waals surface area contributed by atoms with Crippen LogP contribution in [-0.4, -0.2) is 55.0 Å². The second kappa shape index (κ2) is 8.31. The lowest BCUT2D eigenvalue weighted by Gasteiger charge is -2.23. The highest BCUT2D eigenvalue weighted by Crippen LogP contribution is 2.40. The van der Waals surface area contributed by atoms with Crippen molar-refractivity contribution in [3.8, 4) is 17.3 Å². The molecule has 2 bridgehead atoms. The highest BCUT2D eigenvalue weighted by molar-refractivity contribution is 5.96. The van der Waals surface area contributed by atoms with Crippen molar-refractivity contribution < 1.29 is 9.53 Å². The van der Waals surface area contributed by atoms with E-state index in [9.17, 15) is 4.79 Å². The summed E-state index contributed by atoms with van der Waals surface area (Å²) in [6, 6.07) is 10.7. The molecule has 2 saturated heterocycles. The maximum atomic E-state index is 13.7. The van der Waals surface area contributed by atoms with Gasteiger partial charge < -0.3 is 19.9 Å². The molecule has 3 atom stereocenters. The Hall–Kier alpha value is -3.39. The summed E-state index contributed by atoms with van der Waals surface area (Å²) in [5, 5.41) is 1.13. The van der Waals surface area contributed by atoms with Crippen LogP contribution in [0.25, 0.3) is 28.1 Å². The van der Waals surface area contributed by atoms with E-state index >= 15 is 0 Å². The van der Waals surface area contributed by atoms with E-state index in [1.165, 1.54) is 12.8 Å². The number of fused-ring (bicyclic) bond motifs is 4. The topological polar surface area (TPSA) is 90.7 Å². The van der Waals surface area contributed by atoms with Crippen LogP contribution >= 0.6 is 0 Å². The molecule has 4 aromatic rings. The molecule has 3 aliphatic rings. The molecule has 6 heterocycles. The number of methoxy groups -OCH3 is 1. The minimum atomic E-state index is 0.0302. The number of imidazole rings is 1. The normalized spacial score (nSPS) is 23.0. The number of nitrogens with two attached hydrogens (primary N) is 1. The molecule has 4 aromatic heterocycles. The van der Waals surface area contributed by atoms with Crippen molar-refractivity contribution in [1.82, 2.24) is 23.8 Å². The van der Waals surface area contributed by atoms with E-state index in [-0.39, 0.29) is 24.0 Å². The Morgan fingerprint density at radius 2 is 1.97 bits per heavy atom. The van der Waals surface area contributed by atoms with Gasteiger partial charge in [0, 0.05) is 47.4 Å². The Morgan fingerprint density at radius 1 is 1.14 bits per heavy atom. The lowest BCUT2D eigenvalue weighted by atomic mass is 9.97. The number of nitrogens with zero attached hydrogens (tertiary/aromatic N) is 5. The van der Waals surface area contributed by atoms with Gasteiger partial charge in [0.05, 0.1) is 18.5 Å². The summed E-state index contributed by atoms with van der Waals surface area (Å²) in [6.45, 7) is 5.16. The fraction of sp³-hybridized carbons (Fsp3) is 0.483. The van der Waals surface area contributed by atoms with Crippen LogP contribution in [0, 0.1) is 12.8 Å². The van der Waals surface area contributed by atoms with Gasteiger partial charge in [-0.3, -0.25) is 9.20 Å². The predicted molar refractivity (Wildman–Crippen MR) is 143 cm³/mol. The average Bonchev–Trinajstić information content (AvgIpc) is 3.23.